The molecule has 1 fully saturated rings. The van der Waals surface area contributed by atoms with Crippen molar-refractivity contribution in [2.75, 3.05) is 26.3 Å². The fraction of sp³-hybridized carbons (Fsp3) is 0.379. The van der Waals surface area contributed by atoms with Crippen molar-refractivity contribution in [3.05, 3.63) is 75.6 Å². The number of para-hydroxylation sites is 1. The minimum Gasteiger partial charge on any atom is -0.488 e. The Morgan fingerprint density at radius 2 is 2.06 bits per heavy atom. The molecule has 1 aliphatic carbocycles. The first-order valence-corrected chi connectivity index (χ1v) is 13.4. The molecule has 1 unspecified atom stereocenters. The van der Waals surface area contributed by atoms with Crippen molar-refractivity contribution in [2.24, 2.45) is 5.92 Å². The Labute approximate surface area is 216 Å². The van der Waals surface area contributed by atoms with E-state index < -0.39 is 5.97 Å². The third-order valence-corrected chi connectivity index (χ3v) is 7.92. The van der Waals surface area contributed by atoms with Gasteiger partial charge in [-0.2, -0.15) is 0 Å². The number of carbonyl (C=O) groups is 1. The average Bonchev–Trinajstić information content (AvgIpc) is 3.39. The summed E-state index contributed by atoms with van der Waals surface area (Å²) in [6, 6.07) is 14.7. The fourth-order valence-electron chi connectivity index (χ4n) is 4.79. The number of thiazole rings is 1. The van der Waals surface area contributed by atoms with E-state index in [4.69, 9.17) is 14.5 Å². The zero-order valence-corrected chi connectivity index (χ0v) is 21.4. The van der Waals surface area contributed by atoms with Crippen molar-refractivity contribution in [3.8, 4) is 17.0 Å². The molecule has 2 heterocycles. The van der Waals surface area contributed by atoms with Crippen LogP contribution in [-0.4, -0.2) is 47.3 Å². The van der Waals surface area contributed by atoms with E-state index in [1.54, 1.807) is 11.3 Å². The van der Waals surface area contributed by atoms with Gasteiger partial charge in [0.15, 0.2) is 0 Å². The van der Waals surface area contributed by atoms with Crippen LogP contribution in [0.2, 0.25) is 0 Å². The summed E-state index contributed by atoms with van der Waals surface area (Å²) < 4.78 is 11.8. The van der Waals surface area contributed by atoms with Gasteiger partial charge in [0.2, 0.25) is 0 Å². The van der Waals surface area contributed by atoms with Gasteiger partial charge < -0.3 is 14.6 Å². The molecule has 1 N–H and O–H groups in total. The van der Waals surface area contributed by atoms with Crippen LogP contribution in [0.3, 0.4) is 0 Å². The number of benzene rings is 2. The van der Waals surface area contributed by atoms with Crippen molar-refractivity contribution in [3.63, 3.8) is 0 Å². The van der Waals surface area contributed by atoms with Gasteiger partial charge in [-0.3, -0.25) is 9.69 Å². The topological polar surface area (TPSA) is 71.9 Å². The van der Waals surface area contributed by atoms with Gasteiger partial charge in [0.1, 0.15) is 17.4 Å². The molecule has 1 atom stereocenters. The normalized spacial score (nSPS) is 18.6. The van der Waals surface area contributed by atoms with Crippen LogP contribution < -0.4 is 4.74 Å². The van der Waals surface area contributed by atoms with E-state index >= 15 is 0 Å². The number of hydrogen-bond donors (Lipinski definition) is 1. The lowest BCUT2D eigenvalue weighted by molar-refractivity contribution is -0.141. The molecule has 0 amide bonds. The van der Waals surface area contributed by atoms with Crippen LogP contribution in [0.5, 0.6) is 5.75 Å². The summed E-state index contributed by atoms with van der Waals surface area (Å²) in [5, 5.41) is 12.3. The molecule has 36 heavy (non-hydrogen) atoms. The Morgan fingerprint density at radius 1 is 1.22 bits per heavy atom. The number of aryl methyl sites for hydroxylation is 1. The van der Waals surface area contributed by atoms with E-state index in [9.17, 15) is 9.90 Å². The molecule has 1 aliphatic heterocycles. The van der Waals surface area contributed by atoms with Crippen molar-refractivity contribution in [2.45, 2.75) is 39.3 Å². The third-order valence-electron chi connectivity index (χ3n) is 7.00. The first kappa shape index (κ1) is 24.7. The van der Waals surface area contributed by atoms with Gasteiger partial charge in [-0.25, -0.2) is 4.98 Å². The molecule has 0 bridgehead atoms. The number of carboxylic acids is 1. The maximum atomic E-state index is 11.2. The molecule has 5 rings (SSSR count). The SMILES string of the molecule is Cc1cc(CN2CCOCC2)ccc1COc1ccccc1-c1csc(C2=CCC(C(=O)O)CC2)n1. The standard InChI is InChI=1S/C29H32N2O4S/c1-20-16-21(17-31-12-14-34-15-13-31)6-7-24(20)18-35-27-5-3-2-4-25(27)26-19-36-28(30-26)22-8-10-23(11-9-22)29(32)33/h2-8,16,19,23H,9-15,17-18H2,1H3,(H,32,33). The van der Waals surface area contributed by atoms with Crippen LogP contribution in [0, 0.1) is 12.8 Å². The molecule has 3 aromatic rings. The molecule has 1 aromatic heterocycles. The highest BCUT2D eigenvalue weighted by Crippen LogP contribution is 2.36. The van der Waals surface area contributed by atoms with Crippen LogP contribution in [0.15, 0.2) is 53.9 Å². The molecule has 7 heteroatoms. The lowest BCUT2D eigenvalue weighted by atomic mass is 9.90. The predicted molar refractivity (Wildman–Crippen MR) is 142 cm³/mol. The maximum absolute atomic E-state index is 11.2. The minimum absolute atomic E-state index is 0.279. The smallest absolute Gasteiger partial charge is 0.306 e. The summed E-state index contributed by atoms with van der Waals surface area (Å²) >= 11 is 1.61. The highest BCUT2D eigenvalue weighted by atomic mass is 32.1. The number of carboxylic acid groups (broad SMARTS) is 1. The predicted octanol–water partition coefficient (Wildman–Crippen LogP) is 5.80. The Kier molecular flexibility index (Phi) is 7.80. The summed E-state index contributed by atoms with van der Waals surface area (Å²) in [6.45, 7) is 7.19. The molecule has 6 nitrogen and oxygen atoms in total. The Hall–Kier alpha value is -3.00. The van der Waals surface area contributed by atoms with E-state index in [1.807, 2.05) is 30.3 Å². The summed E-state index contributed by atoms with van der Waals surface area (Å²) in [5.74, 6) is -0.174. The van der Waals surface area contributed by atoms with Crippen LogP contribution in [0.25, 0.3) is 16.8 Å². The Balaban J connectivity index is 1.26. The number of morpholine rings is 1. The van der Waals surface area contributed by atoms with E-state index in [2.05, 4.69) is 35.4 Å². The van der Waals surface area contributed by atoms with E-state index in [1.165, 1.54) is 16.7 Å². The van der Waals surface area contributed by atoms with Crippen LogP contribution in [-0.2, 0) is 22.7 Å². The molecule has 0 radical (unpaired) electrons. The lowest BCUT2D eigenvalue weighted by Crippen LogP contribution is -2.35. The molecular formula is C29H32N2O4S. The molecule has 2 aromatic carbocycles. The van der Waals surface area contributed by atoms with E-state index in [0.29, 0.717) is 19.4 Å². The van der Waals surface area contributed by atoms with Gasteiger partial charge in [0.05, 0.1) is 24.8 Å². The van der Waals surface area contributed by atoms with Crippen molar-refractivity contribution in [1.82, 2.24) is 9.88 Å². The average molecular weight is 505 g/mol. The fourth-order valence-corrected chi connectivity index (χ4v) is 5.68. The molecule has 2 aliphatic rings. The summed E-state index contributed by atoms with van der Waals surface area (Å²) in [5.41, 5.74) is 6.74. The number of nitrogens with zero attached hydrogens (tertiary/aromatic N) is 2. The largest absolute Gasteiger partial charge is 0.488 e. The van der Waals surface area contributed by atoms with E-state index in [0.717, 1.165) is 66.9 Å². The van der Waals surface area contributed by atoms with Gasteiger partial charge >= 0.3 is 5.97 Å². The molecule has 0 spiro atoms. The number of ether oxygens (including phenoxy) is 2. The first-order valence-electron chi connectivity index (χ1n) is 12.6. The Morgan fingerprint density at radius 3 is 2.81 bits per heavy atom. The summed E-state index contributed by atoms with van der Waals surface area (Å²) in [4.78, 5) is 18.6. The summed E-state index contributed by atoms with van der Waals surface area (Å²) in [7, 11) is 0. The van der Waals surface area contributed by atoms with Crippen molar-refractivity contribution < 1.29 is 19.4 Å². The summed E-state index contributed by atoms with van der Waals surface area (Å²) in [6.07, 6.45) is 4.03. The second kappa shape index (κ2) is 11.4. The number of allylic oxidation sites excluding steroid dienone is 2. The minimum atomic E-state index is -0.710. The highest BCUT2D eigenvalue weighted by Gasteiger charge is 2.23. The van der Waals surface area contributed by atoms with Gasteiger partial charge in [0, 0.05) is 30.6 Å². The quantitative estimate of drug-likeness (QED) is 0.418. The number of aliphatic carboxylic acids is 1. The molecule has 188 valence electrons. The Bertz CT molecular complexity index is 1250. The van der Waals surface area contributed by atoms with E-state index in [-0.39, 0.29) is 5.92 Å². The van der Waals surface area contributed by atoms with Gasteiger partial charge in [0.25, 0.3) is 0 Å². The zero-order valence-electron chi connectivity index (χ0n) is 20.6. The van der Waals surface area contributed by atoms with Gasteiger partial charge in [-0.1, -0.05) is 36.4 Å². The first-order chi connectivity index (χ1) is 17.6. The van der Waals surface area contributed by atoms with Crippen molar-refractivity contribution >= 4 is 22.9 Å². The van der Waals surface area contributed by atoms with Crippen LogP contribution in [0.1, 0.15) is 41.0 Å². The second-order valence-corrected chi connectivity index (χ2v) is 10.4. The number of aromatic nitrogens is 1. The molecule has 1 saturated heterocycles. The van der Waals surface area contributed by atoms with Crippen LogP contribution in [0.4, 0.5) is 0 Å². The number of hydrogen-bond acceptors (Lipinski definition) is 6. The second-order valence-electron chi connectivity index (χ2n) is 9.51. The monoisotopic (exact) mass is 504 g/mol. The third kappa shape index (κ3) is 5.86. The van der Waals surface area contributed by atoms with Crippen molar-refractivity contribution in [1.29, 1.82) is 0 Å². The molecule has 0 saturated carbocycles. The number of rotatable bonds is 8. The zero-order chi connectivity index (χ0) is 24.9. The van der Waals surface area contributed by atoms with Crippen LogP contribution >= 0.6 is 11.3 Å². The lowest BCUT2D eigenvalue weighted by Gasteiger charge is -2.26. The van der Waals surface area contributed by atoms with Gasteiger partial charge in [-0.05, 0) is 60.6 Å². The maximum Gasteiger partial charge on any atom is 0.306 e. The highest BCUT2D eigenvalue weighted by molar-refractivity contribution is 7.11. The van der Waals surface area contributed by atoms with Gasteiger partial charge in [-0.15, -0.1) is 11.3 Å². The molecular weight excluding hydrogens is 472 g/mol.